The topological polar surface area (TPSA) is 50.4 Å². The Labute approximate surface area is 110 Å². The summed E-state index contributed by atoms with van der Waals surface area (Å²) in [6, 6.07) is 6.14. The number of carbonyl (C=O) groups is 1. The van der Waals surface area contributed by atoms with Crippen LogP contribution < -0.4 is 10.6 Å². The molecule has 4 nitrogen and oxygen atoms in total. The van der Waals surface area contributed by atoms with Crippen molar-refractivity contribution in [3.8, 4) is 0 Å². The van der Waals surface area contributed by atoms with E-state index in [-0.39, 0.29) is 17.3 Å². The van der Waals surface area contributed by atoms with Gasteiger partial charge in [-0.3, -0.25) is 4.79 Å². The number of rotatable bonds is 1. The second kappa shape index (κ2) is 4.91. The highest BCUT2D eigenvalue weighted by Crippen LogP contribution is 2.37. The molecule has 1 fully saturated rings. The molecule has 2 N–H and O–H groups in total. The first kappa shape index (κ1) is 12.0. The number of morpholine rings is 1. The Balaban J connectivity index is 1.86. The summed E-state index contributed by atoms with van der Waals surface area (Å²) < 4.78 is 5.74. The Hall–Kier alpha value is -1.04. The largest absolute Gasteiger partial charge is 0.371 e. The molecule has 2 heterocycles. The molecule has 2 aliphatic heterocycles. The minimum Gasteiger partial charge on any atom is -0.371 e. The third-order valence-electron chi connectivity index (χ3n) is 3.24. The van der Waals surface area contributed by atoms with Crippen LogP contribution in [0.4, 0.5) is 5.69 Å². The smallest absolute Gasteiger partial charge is 0.237 e. The molecule has 0 bridgehead atoms. The maximum atomic E-state index is 11.6. The minimum atomic E-state index is -0.0295. The summed E-state index contributed by atoms with van der Waals surface area (Å²) in [5.41, 5.74) is 2.09. The van der Waals surface area contributed by atoms with Crippen LogP contribution in [0, 0.1) is 0 Å². The highest BCUT2D eigenvalue weighted by Gasteiger charge is 2.24. The van der Waals surface area contributed by atoms with Gasteiger partial charge < -0.3 is 15.4 Å². The first-order valence-electron chi connectivity index (χ1n) is 6.18. The van der Waals surface area contributed by atoms with Crippen LogP contribution in [0.25, 0.3) is 0 Å². The molecule has 0 saturated carbocycles. The van der Waals surface area contributed by atoms with Crippen molar-refractivity contribution >= 4 is 23.4 Å². The fourth-order valence-corrected chi connectivity index (χ4v) is 3.19. The van der Waals surface area contributed by atoms with Gasteiger partial charge in [-0.1, -0.05) is 6.07 Å². The van der Waals surface area contributed by atoms with Gasteiger partial charge in [0.2, 0.25) is 5.91 Å². The van der Waals surface area contributed by atoms with Crippen LogP contribution in [-0.2, 0) is 9.53 Å². The highest BCUT2D eigenvalue weighted by molar-refractivity contribution is 8.00. The van der Waals surface area contributed by atoms with E-state index in [0.717, 1.165) is 30.3 Å². The molecule has 0 radical (unpaired) electrons. The van der Waals surface area contributed by atoms with Gasteiger partial charge in [-0.2, -0.15) is 0 Å². The molecule has 96 valence electrons. The number of carbonyl (C=O) groups excluding carboxylic acids is 1. The lowest BCUT2D eigenvalue weighted by molar-refractivity contribution is -0.115. The summed E-state index contributed by atoms with van der Waals surface area (Å²) in [6.45, 7) is 4.45. The van der Waals surface area contributed by atoms with Gasteiger partial charge in [-0.15, -0.1) is 11.8 Å². The van der Waals surface area contributed by atoms with Gasteiger partial charge in [-0.05, 0) is 24.6 Å². The van der Waals surface area contributed by atoms with E-state index >= 15 is 0 Å². The van der Waals surface area contributed by atoms with Gasteiger partial charge in [-0.25, -0.2) is 0 Å². The van der Waals surface area contributed by atoms with Crippen LogP contribution in [0.2, 0.25) is 0 Å². The Morgan fingerprint density at radius 1 is 1.44 bits per heavy atom. The quantitative estimate of drug-likeness (QED) is 0.812. The second-order valence-electron chi connectivity index (χ2n) is 4.57. The molecule has 1 amide bonds. The highest BCUT2D eigenvalue weighted by atomic mass is 32.2. The van der Waals surface area contributed by atoms with E-state index < -0.39 is 0 Å². The van der Waals surface area contributed by atoms with Gasteiger partial charge >= 0.3 is 0 Å². The number of anilines is 1. The van der Waals surface area contributed by atoms with E-state index in [0.29, 0.717) is 0 Å². The van der Waals surface area contributed by atoms with E-state index in [9.17, 15) is 4.79 Å². The molecule has 0 spiro atoms. The summed E-state index contributed by atoms with van der Waals surface area (Å²) >= 11 is 1.61. The molecule has 2 aliphatic rings. The molecular formula is C13H16N2O2S. The summed E-state index contributed by atoms with van der Waals surface area (Å²) in [5.74, 6) is 0.0795. The lowest BCUT2D eigenvalue weighted by Crippen LogP contribution is -2.33. The summed E-state index contributed by atoms with van der Waals surface area (Å²) in [6.07, 6.45) is 0.123. The lowest BCUT2D eigenvalue weighted by atomic mass is 10.1. The predicted octanol–water partition coefficient (Wildman–Crippen LogP) is 1.78. The molecule has 1 saturated heterocycles. The maximum Gasteiger partial charge on any atom is 0.237 e. The molecule has 1 aromatic rings. The zero-order valence-electron chi connectivity index (χ0n) is 10.2. The van der Waals surface area contributed by atoms with Crippen LogP contribution in [0.3, 0.4) is 0 Å². The second-order valence-corrected chi connectivity index (χ2v) is 5.95. The maximum absolute atomic E-state index is 11.6. The van der Waals surface area contributed by atoms with Crippen molar-refractivity contribution in [1.29, 1.82) is 0 Å². The molecule has 1 aromatic carbocycles. The number of benzene rings is 1. The third-order valence-corrected chi connectivity index (χ3v) is 4.40. The Bertz CT molecular complexity index is 472. The molecule has 2 atom stereocenters. The van der Waals surface area contributed by atoms with Crippen LogP contribution in [0.1, 0.15) is 18.6 Å². The molecular weight excluding hydrogens is 248 g/mol. The number of hydrogen-bond acceptors (Lipinski definition) is 4. The van der Waals surface area contributed by atoms with Crippen molar-refractivity contribution < 1.29 is 9.53 Å². The van der Waals surface area contributed by atoms with E-state index in [1.165, 1.54) is 5.56 Å². The van der Waals surface area contributed by atoms with Crippen molar-refractivity contribution in [3.63, 3.8) is 0 Å². The summed E-state index contributed by atoms with van der Waals surface area (Å²) in [4.78, 5) is 12.7. The normalized spacial score (nSPS) is 27.5. The van der Waals surface area contributed by atoms with Crippen molar-refractivity contribution in [3.05, 3.63) is 23.8 Å². The number of ether oxygens (including phenoxy) is 1. The van der Waals surface area contributed by atoms with Crippen molar-refractivity contribution in [2.75, 3.05) is 25.0 Å². The summed E-state index contributed by atoms with van der Waals surface area (Å²) in [7, 11) is 0. The molecule has 0 aliphatic carbocycles. The fourth-order valence-electron chi connectivity index (χ4n) is 2.20. The van der Waals surface area contributed by atoms with Crippen molar-refractivity contribution in [2.45, 2.75) is 23.2 Å². The Kier molecular flexibility index (Phi) is 3.28. The predicted molar refractivity (Wildman–Crippen MR) is 72.0 cm³/mol. The van der Waals surface area contributed by atoms with Gasteiger partial charge in [0, 0.05) is 18.0 Å². The molecule has 18 heavy (non-hydrogen) atoms. The average Bonchev–Trinajstić information content (AvgIpc) is 2.41. The van der Waals surface area contributed by atoms with Gasteiger partial charge in [0.15, 0.2) is 0 Å². The summed E-state index contributed by atoms with van der Waals surface area (Å²) in [5, 5.41) is 6.22. The number of hydrogen-bond donors (Lipinski definition) is 2. The van der Waals surface area contributed by atoms with Gasteiger partial charge in [0.1, 0.15) is 0 Å². The molecule has 5 heteroatoms. The average molecular weight is 264 g/mol. The first-order chi connectivity index (χ1) is 8.74. The van der Waals surface area contributed by atoms with Crippen LogP contribution >= 0.6 is 11.8 Å². The minimum absolute atomic E-state index is 0.0295. The van der Waals surface area contributed by atoms with E-state index in [2.05, 4.69) is 16.7 Å². The number of amides is 1. The number of thioether (sulfide) groups is 1. The van der Waals surface area contributed by atoms with E-state index in [1.807, 2.05) is 19.1 Å². The fraction of sp³-hybridized carbons (Fsp3) is 0.462. The van der Waals surface area contributed by atoms with Crippen LogP contribution in [-0.4, -0.2) is 30.9 Å². The Morgan fingerprint density at radius 3 is 3.11 bits per heavy atom. The van der Waals surface area contributed by atoms with Gasteiger partial charge in [0.05, 0.1) is 23.6 Å². The molecule has 2 unspecified atom stereocenters. The van der Waals surface area contributed by atoms with Crippen LogP contribution in [0.15, 0.2) is 23.1 Å². The zero-order chi connectivity index (χ0) is 12.5. The zero-order valence-corrected chi connectivity index (χ0v) is 11.0. The lowest BCUT2D eigenvalue weighted by Gasteiger charge is -2.26. The monoisotopic (exact) mass is 264 g/mol. The van der Waals surface area contributed by atoms with Crippen molar-refractivity contribution in [2.24, 2.45) is 0 Å². The SMILES string of the molecule is CC1Sc2cc(C3CNCCO3)ccc2NC1=O. The standard InChI is InChI=1S/C13H16N2O2S/c1-8-13(16)15-10-3-2-9(6-12(10)18-8)11-7-14-4-5-17-11/h2-3,6,8,11,14H,4-5,7H2,1H3,(H,15,16). The van der Waals surface area contributed by atoms with E-state index in [4.69, 9.17) is 4.74 Å². The Morgan fingerprint density at radius 2 is 2.33 bits per heavy atom. The van der Waals surface area contributed by atoms with Crippen LogP contribution in [0.5, 0.6) is 0 Å². The first-order valence-corrected chi connectivity index (χ1v) is 7.06. The van der Waals surface area contributed by atoms with E-state index in [1.54, 1.807) is 11.8 Å². The third kappa shape index (κ3) is 2.25. The number of fused-ring (bicyclic) bond motifs is 1. The number of nitrogens with one attached hydrogen (secondary N) is 2. The molecule has 0 aromatic heterocycles. The molecule has 3 rings (SSSR count). The van der Waals surface area contributed by atoms with Gasteiger partial charge in [0.25, 0.3) is 0 Å². The van der Waals surface area contributed by atoms with Crippen molar-refractivity contribution in [1.82, 2.24) is 5.32 Å².